The van der Waals surface area contributed by atoms with Crippen molar-refractivity contribution in [3.63, 3.8) is 0 Å². The van der Waals surface area contributed by atoms with Gasteiger partial charge in [0.25, 0.3) is 0 Å². The summed E-state index contributed by atoms with van der Waals surface area (Å²) in [5.74, 6) is 0.923. The van der Waals surface area contributed by atoms with Gasteiger partial charge in [0.2, 0.25) is 5.91 Å². The number of pyridine rings is 1. The molecule has 192 valence electrons. The number of hydrogen-bond donors (Lipinski definition) is 1. The molecule has 1 amide bonds. The van der Waals surface area contributed by atoms with E-state index >= 15 is 0 Å². The van der Waals surface area contributed by atoms with E-state index < -0.39 is 11.7 Å². The third-order valence-corrected chi connectivity index (χ3v) is 8.47. The van der Waals surface area contributed by atoms with E-state index in [1.165, 1.54) is 6.42 Å². The van der Waals surface area contributed by atoms with Crippen LogP contribution in [0.25, 0.3) is 0 Å². The highest BCUT2D eigenvalue weighted by molar-refractivity contribution is 6.00. The highest BCUT2D eigenvalue weighted by atomic mass is 19.4. The Morgan fingerprint density at radius 2 is 1.78 bits per heavy atom. The van der Waals surface area contributed by atoms with Crippen molar-refractivity contribution in [2.75, 3.05) is 41.3 Å². The molecule has 9 heteroatoms. The van der Waals surface area contributed by atoms with Crippen molar-refractivity contribution >= 4 is 28.8 Å². The number of benzene rings is 1. The smallest absolute Gasteiger partial charge is 0.369 e. The number of rotatable bonds is 3. The highest BCUT2D eigenvalue weighted by Crippen LogP contribution is 2.53. The number of carbonyl (C=O) groups excluding carboxylic acids is 1. The van der Waals surface area contributed by atoms with Crippen molar-refractivity contribution in [3.8, 4) is 0 Å². The Bertz CT molecular complexity index is 1130. The third-order valence-electron chi connectivity index (χ3n) is 8.47. The van der Waals surface area contributed by atoms with Gasteiger partial charge in [-0.05, 0) is 49.9 Å². The van der Waals surface area contributed by atoms with E-state index in [2.05, 4.69) is 15.2 Å². The molecule has 1 aromatic heterocycles. The molecule has 2 aromatic rings. The van der Waals surface area contributed by atoms with Crippen LogP contribution >= 0.6 is 0 Å². The Kier molecular flexibility index (Phi) is 5.85. The summed E-state index contributed by atoms with van der Waals surface area (Å²) in [7, 11) is 0. The van der Waals surface area contributed by atoms with Crippen LogP contribution in [0.3, 0.4) is 0 Å². The molecule has 3 heterocycles. The lowest BCUT2D eigenvalue weighted by Gasteiger charge is -2.41. The molecule has 0 spiro atoms. The fourth-order valence-corrected chi connectivity index (χ4v) is 6.16. The van der Waals surface area contributed by atoms with Crippen LogP contribution in [0.15, 0.2) is 36.5 Å². The number of halogens is 3. The summed E-state index contributed by atoms with van der Waals surface area (Å²) >= 11 is 0. The number of amides is 1. The number of aromatic nitrogens is 1. The summed E-state index contributed by atoms with van der Waals surface area (Å²) in [6.45, 7) is 2.28. The molecule has 0 atom stereocenters. The molecule has 1 saturated heterocycles. The Morgan fingerprint density at radius 3 is 2.47 bits per heavy atom. The van der Waals surface area contributed by atoms with Crippen LogP contribution in [0.5, 0.6) is 0 Å². The minimum atomic E-state index is -4.17. The summed E-state index contributed by atoms with van der Waals surface area (Å²) in [6, 6.07) is 9.88. The largest absolute Gasteiger partial charge is 0.406 e. The second kappa shape index (κ2) is 8.94. The molecule has 0 radical (unpaired) electrons. The van der Waals surface area contributed by atoms with Gasteiger partial charge >= 0.3 is 6.18 Å². The van der Waals surface area contributed by atoms with Crippen molar-refractivity contribution in [3.05, 3.63) is 42.1 Å². The first-order chi connectivity index (χ1) is 17.4. The average molecular weight is 500 g/mol. The zero-order chi connectivity index (χ0) is 24.9. The number of nitrogens with zero attached hydrogens (tertiary/aromatic N) is 4. The minimum absolute atomic E-state index is 0.0223. The summed E-state index contributed by atoms with van der Waals surface area (Å²) in [5, 5.41) is 3.42. The lowest BCUT2D eigenvalue weighted by atomic mass is 9.88. The molecule has 1 aromatic carbocycles. The molecule has 2 saturated carbocycles. The minimum Gasteiger partial charge on any atom is -0.369 e. The van der Waals surface area contributed by atoms with Crippen LogP contribution in [0.4, 0.5) is 36.1 Å². The van der Waals surface area contributed by atoms with Crippen molar-refractivity contribution in [1.29, 1.82) is 0 Å². The van der Waals surface area contributed by atoms with Crippen LogP contribution in [0.1, 0.15) is 50.5 Å². The summed E-state index contributed by atoms with van der Waals surface area (Å²) in [6.07, 6.45) is 3.15. The number of fused-ring (bicyclic) bond motifs is 2. The van der Waals surface area contributed by atoms with Gasteiger partial charge in [-0.15, -0.1) is 0 Å². The molecule has 1 N–H and O–H groups in total. The molecule has 0 unspecified atom stereocenters. The molecular formula is C27H32F3N5O. The summed E-state index contributed by atoms with van der Waals surface area (Å²) in [5.41, 5.74) is 1.94. The summed E-state index contributed by atoms with van der Waals surface area (Å²) in [4.78, 5) is 23.9. The zero-order valence-corrected chi connectivity index (χ0v) is 20.4. The molecule has 3 fully saturated rings. The Morgan fingerprint density at radius 1 is 1.03 bits per heavy atom. The van der Waals surface area contributed by atoms with Gasteiger partial charge in [0, 0.05) is 49.5 Å². The number of carbonyl (C=O) groups is 1. The van der Waals surface area contributed by atoms with Gasteiger partial charge in [0.1, 0.15) is 11.4 Å². The number of anilines is 4. The van der Waals surface area contributed by atoms with Gasteiger partial charge in [-0.25, -0.2) is 4.98 Å². The van der Waals surface area contributed by atoms with E-state index in [-0.39, 0.29) is 24.7 Å². The van der Waals surface area contributed by atoms with E-state index in [9.17, 15) is 18.0 Å². The Balaban J connectivity index is 1.27. The fourth-order valence-electron chi connectivity index (χ4n) is 6.16. The first-order valence-electron chi connectivity index (χ1n) is 13.1. The maximum absolute atomic E-state index is 13.8. The number of hydrogen-bond acceptors (Lipinski definition) is 5. The molecular weight excluding hydrogens is 467 g/mol. The van der Waals surface area contributed by atoms with Gasteiger partial charge < -0.3 is 15.1 Å². The van der Waals surface area contributed by atoms with E-state index in [0.29, 0.717) is 32.7 Å². The predicted molar refractivity (Wildman–Crippen MR) is 134 cm³/mol. The SMILES string of the molecule is O=C(C1CCCCC1)N1Cc2cccnc2Nc2ccc(N3CCN(C4(C(F)(F)F)CC4)CC3)cc21. The van der Waals surface area contributed by atoms with Crippen LogP contribution in [0, 0.1) is 5.92 Å². The maximum atomic E-state index is 13.8. The van der Waals surface area contributed by atoms with E-state index in [4.69, 9.17) is 0 Å². The maximum Gasteiger partial charge on any atom is 0.406 e. The Hall–Kier alpha value is -2.81. The highest BCUT2D eigenvalue weighted by Gasteiger charge is 2.66. The van der Waals surface area contributed by atoms with E-state index in [0.717, 1.165) is 54.1 Å². The number of nitrogens with one attached hydrogen (secondary N) is 1. The van der Waals surface area contributed by atoms with Crippen molar-refractivity contribution in [1.82, 2.24) is 9.88 Å². The second-order valence-electron chi connectivity index (χ2n) is 10.6. The standard InChI is InChI=1S/C27H32F3N5O/c28-27(29,30)26(10-11-26)34-15-13-33(14-16-34)21-8-9-22-23(17-21)35(25(36)19-5-2-1-3-6-19)18-20-7-4-12-31-24(20)32-22/h4,7-9,12,17,19H,1-3,5-6,10-11,13-16,18H2,(H,31,32). The van der Waals surface area contributed by atoms with E-state index in [1.807, 2.05) is 35.2 Å². The van der Waals surface area contributed by atoms with Crippen molar-refractivity contribution in [2.45, 2.75) is 63.2 Å². The predicted octanol–water partition coefficient (Wildman–Crippen LogP) is 5.47. The van der Waals surface area contributed by atoms with Crippen molar-refractivity contribution in [2.24, 2.45) is 5.92 Å². The van der Waals surface area contributed by atoms with Gasteiger partial charge in [-0.2, -0.15) is 13.2 Å². The quantitative estimate of drug-likeness (QED) is 0.607. The van der Waals surface area contributed by atoms with Crippen LogP contribution < -0.4 is 15.1 Å². The second-order valence-corrected chi connectivity index (χ2v) is 10.6. The monoisotopic (exact) mass is 499 g/mol. The topological polar surface area (TPSA) is 51.7 Å². The van der Waals surface area contributed by atoms with Crippen LogP contribution in [0.2, 0.25) is 0 Å². The van der Waals surface area contributed by atoms with Crippen molar-refractivity contribution < 1.29 is 18.0 Å². The molecule has 6 nitrogen and oxygen atoms in total. The molecule has 2 aliphatic carbocycles. The lowest BCUT2D eigenvalue weighted by molar-refractivity contribution is -0.197. The Labute approximate surface area is 209 Å². The van der Waals surface area contributed by atoms with Crippen LogP contribution in [-0.2, 0) is 11.3 Å². The first kappa shape index (κ1) is 23.6. The average Bonchev–Trinajstić information content (AvgIpc) is 3.72. The van der Waals surface area contributed by atoms with Gasteiger partial charge in [-0.1, -0.05) is 25.3 Å². The van der Waals surface area contributed by atoms with Gasteiger partial charge in [0.15, 0.2) is 0 Å². The van der Waals surface area contributed by atoms with Crippen LogP contribution in [-0.4, -0.2) is 53.7 Å². The van der Waals surface area contributed by atoms with E-state index in [1.54, 1.807) is 11.1 Å². The number of alkyl halides is 3. The lowest BCUT2D eigenvalue weighted by Crippen LogP contribution is -2.56. The van der Waals surface area contributed by atoms with Gasteiger partial charge in [0.05, 0.1) is 17.9 Å². The summed E-state index contributed by atoms with van der Waals surface area (Å²) < 4.78 is 40.8. The molecule has 2 aliphatic heterocycles. The molecule has 0 bridgehead atoms. The fraction of sp³-hybridized carbons (Fsp3) is 0.556. The zero-order valence-electron chi connectivity index (χ0n) is 20.4. The number of piperazine rings is 1. The van der Waals surface area contributed by atoms with Gasteiger partial charge in [-0.3, -0.25) is 9.69 Å². The molecule has 4 aliphatic rings. The first-order valence-corrected chi connectivity index (χ1v) is 13.1. The third kappa shape index (κ3) is 4.11. The molecule has 36 heavy (non-hydrogen) atoms. The normalized spacial score (nSPS) is 22.3. The molecule has 6 rings (SSSR count).